The Balaban J connectivity index is 3.29. The van der Waals surface area contributed by atoms with E-state index in [9.17, 15) is 26.3 Å². The summed E-state index contributed by atoms with van der Waals surface area (Å²) in [6.07, 6.45) is -9.83. The van der Waals surface area contributed by atoms with Gasteiger partial charge >= 0.3 is 12.4 Å². The molecule has 4 nitrogen and oxygen atoms in total. The van der Waals surface area contributed by atoms with E-state index in [1.54, 1.807) is 13.8 Å². The van der Waals surface area contributed by atoms with Crippen molar-refractivity contribution in [2.45, 2.75) is 46.1 Å². The molecular formula is C17H24F6N4. The van der Waals surface area contributed by atoms with Crippen LogP contribution in [0.25, 0.3) is 0 Å². The molecule has 1 aromatic rings. The van der Waals surface area contributed by atoms with Crippen LogP contribution in [0.15, 0.2) is 23.2 Å². The van der Waals surface area contributed by atoms with Crippen molar-refractivity contribution in [3.05, 3.63) is 29.3 Å². The first-order chi connectivity index (χ1) is 12.1. The van der Waals surface area contributed by atoms with E-state index in [0.717, 1.165) is 0 Å². The summed E-state index contributed by atoms with van der Waals surface area (Å²) in [6, 6.07) is 1.15. The minimum atomic E-state index is -4.91. The Morgan fingerprint density at radius 3 is 1.85 bits per heavy atom. The normalized spacial score (nSPS) is 13.9. The highest BCUT2D eigenvalue weighted by atomic mass is 19.4. The number of hydrogen-bond acceptors (Lipinski definition) is 2. The molecule has 4 N–H and O–H groups in total. The highest BCUT2D eigenvalue weighted by Crippen LogP contribution is 2.37. The lowest BCUT2D eigenvalue weighted by Crippen LogP contribution is -2.37. The molecule has 0 saturated heterocycles. The molecule has 0 saturated carbocycles. The maximum atomic E-state index is 13.0. The third-order valence-corrected chi connectivity index (χ3v) is 3.49. The van der Waals surface area contributed by atoms with Crippen LogP contribution in [0.5, 0.6) is 0 Å². The van der Waals surface area contributed by atoms with Gasteiger partial charge in [0.2, 0.25) is 0 Å². The number of anilines is 1. The van der Waals surface area contributed by atoms with Crippen molar-refractivity contribution in [2.75, 3.05) is 18.4 Å². The fourth-order valence-corrected chi connectivity index (χ4v) is 1.92. The predicted octanol–water partition coefficient (Wildman–Crippen LogP) is 4.48. The van der Waals surface area contributed by atoms with Gasteiger partial charge in [0.25, 0.3) is 0 Å². The number of guanidine groups is 1. The highest BCUT2D eigenvalue weighted by molar-refractivity contribution is 5.94. The van der Waals surface area contributed by atoms with Crippen LogP contribution >= 0.6 is 0 Å². The van der Waals surface area contributed by atoms with Crippen molar-refractivity contribution in [1.29, 1.82) is 0 Å². The van der Waals surface area contributed by atoms with Gasteiger partial charge in [-0.15, -0.1) is 0 Å². The first-order valence-electron chi connectivity index (χ1n) is 8.21. The average molecular weight is 398 g/mol. The molecule has 10 heteroatoms. The summed E-state index contributed by atoms with van der Waals surface area (Å²) in [6.45, 7) is 7.76. The van der Waals surface area contributed by atoms with Crippen LogP contribution in [-0.2, 0) is 12.4 Å². The SMILES string of the molecule is CC(C)NC(=NCC(C)(C)CN)Nc1cc(C(F)(F)F)cc(C(F)(F)F)c1. The van der Waals surface area contributed by atoms with Crippen LogP contribution in [-0.4, -0.2) is 25.1 Å². The number of benzene rings is 1. The molecule has 0 radical (unpaired) electrons. The molecule has 0 amide bonds. The molecule has 1 rings (SSSR count). The summed E-state index contributed by atoms with van der Waals surface area (Å²) in [5.41, 5.74) is 2.08. The number of alkyl halides is 6. The Kier molecular flexibility index (Phi) is 7.15. The van der Waals surface area contributed by atoms with Gasteiger partial charge < -0.3 is 16.4 Å². The van der Waals surface area contributed by atoms with E-state index in [1.165, 1.54) is 0 Å². The Bertz CT molecular complexity index is 630. The quantitative estimate of drug-likeness (QED) is 0.390. The van der Waals surface area contributed by atoms with Gasteiger partial charge in [-0.05, 0) is 44.0 Å². The van der Waals surface area contributed by atoms with E-state index < -0.39 is 23.5 Å². The van der Waals surface area contributed by atoms with E-state index in [0.29, 0.717) is 18.7 Å². The van der Waals surface area contributed by atoms with Crippen LogP contribution in [0.4, 0.5) is 32.0 Å². The zero-order valence-electron chi connectivity index (χ0n) is 15.5. The molecule has 27 heavy (non-hydrogen) atoms. The lowest BCUT2D eigenvalue weighted by Gasteiger charge is -2.22. The Morgan fingerprint density at radius 2 is 1.48 bits per heavy atom. The zero-order chi connectivity index (χ0) is 21.0. The first kappa shape index (κ1) is 23.1. The van der Waals surface area contributed by atoms with Gasteiger partial charge in [-0.25, -0.2) is 0 Å². The number of aliphatic imine (C=N–C) groups is 1. The summed E-state index contributed by atoms with van der Waals surface area (Å²) in [5, 5.41) is 5.41. The topological polar surface area (TPSA) is 62.4 Å². The molecule has 0 heterocycles. The van der Waals surface area contributed by atoms with Crippen LogP contribution in [0.1, 0.15) is 38.8 Å². The van der Waals surface area contributed by atoms with Gasteiger partial charge in [0.05, 0.1) is 11.1 Å². The fraction of sp³-hybridized carbons (Fsp3) is 0.588. The van der Waals surface area contributed by atoms with Crippen LogP contribution in [0.3, 0.4) is 0 Å². The summed E-state index contributed by atoms with van der Waals surface area (Å²) < 4.78 is 77.9. The van der Waals surface area contributed by atoms with Crippen molar-refractivity contribution in [2.24, 2.45) is 16.1 Å². The molecule has 0 spiro atoms. The molecule has 0 atom stereocenters. The van der Waals surface area contributed by atoms with E-state index in [4.69, 9.17) is 5.73 Å². The van der Waals surface area contributed by atoms with Crippen LogP contribution in [0, 0.1) is 5.41 Å². The monoisotopic (exact) mass is 398 g/mol. The lowest BCUT2D eigenvalue weighted by molar-refractivity contribution is -0.143. The predicted molar refractivity (Wildman–Crippen MR) is 93.5 cm³/mol. The van der Waals surface area contributed by atoms with E-state index in [2.05, 4.69) is 15.6 Å². The number of rotatable bonds is 5. The second-order valence-electron chi connectivity index (χ2n) is 7.25. The van der Waals surface area contributed by atoms with Gasteiger partial charge in [0.15, 0.2) is 5.96 Å². The largest absolute Gasteiger partial charge is 0.416 e. The summed E-state index contributed by atoms with van der Waals surface area (Å²) in [5.74, 6) is 0.0685. The van der Waals surface area contributed by atoms with Gasteiger partial charge in [-0.3, -0.25) is 4.99 Å². The van der Waals surface area contributed by atoms with Gasteiger partial charge in [-0.1, -0.05) is 13.8 Å². The van der Waals surface area contributed by atoms with Crippen molar-refractivity contribution in [3.63, 3.8) is 0 Å². The third-order valence-electron chi connectivity index (χ3n) is 3.49. The molecule has 154 valence electrons. The van der Waals surface area contributed by atoms with Crippen molar-refractivity contribution in [3.8, 4) is 0 Å². The maximum Gasteiger partial charge on any atom is 0.416 e. The van der Waals surface area contributed by atoms with E-state index in [-0.39, 0.29) is 35.7 Å². The molecular weight excluding hydrogens is 374 g/mol. The van der Waals surface area contributed by atoms with Crippen LogP contribution < -0.4 is 16.4 Å². The number of nitrogens with zero attached hydrogens (tertiary/aromatic N) is 1. The number of nitrogens with one attached hydrogen (secondary N) is 2. The standard InChI is InChI=1S/C17H24F6N4/c1-10(2)26-14(25-9-15(3,4)8-24)27-13-6-11(16(18,19)20)5-12(7-13)17(21,22)23/h5-7,10H,8-9,24H2,1-4H3,(H2,25,26,27). The van der Waals surface area contributed by atoms with Crippen molar-refractivity contribution >= 4 is 11.6 Å². The molecule has 0 bridgehead atoms. The second-order valence-corrected chi connectivity index (χ2v) is 7.25. The number of halogens is 6. The summed E-state index contributed by atoms with van der Waals surface area (Å²) in [4.78, 5) is 4.24. The molecule has 1 aromatic carbocycles. The van der Waals surface area contributed by atoms with Crippen molar-refractivity contribution in [1.82, 2.24) is 5.32 Å². The molecule has 0 aliphatic heterocycles. The number of hydrogen-bond donors (Lipinski definition) is 3. The summed E-state index contributed by atoms with van der Waals surface area (Å²) >= 11 is 0. The molecule has 0 aromatic heterocycles. The molecule has 0 aliphatic carbocycles. The molecule has 0 unspecified atom stereocenters. The fourth-order valence-electron chi connectivity index (χ4n) is 1.92. The first-order valence-corrected chi connectivity index (χ1v) is 8.21. The minimum Gasteiger partial charge on any atom is -0.354 e. The van der Waals surface area contributed by atoms with Crippen LogP contribution in [0.2, 0.25) is 0 Å². The lowest BCUT2D eigenvalue weighted by atomic mass is 9.94. The molecule has 0 fully saturated rings. The molecule has 0 aliphatic rings. The average Bonchev–Trinajstić information content (AvgIpc) is 2.50. The van der Waals surface area contributed by atoms with Gasteiger partial charge in [-0.2, -0.15) is 26.3 Å². The van der Waals surface area contributed by atoms with E-state index in [1.807, 2.05) is 13.8 Å². The Morgan fingerprint density at radius 1 is 1.00 bits per heavy atom. The van der Waals surface area contributed by atoms with Gasteiger partial charge in [0.1, 0.15) is 0 Å². The minimum absolute atomic E-state index is 0.0685. The smallest absolute Gasteiger partial charge is 0.354 e. The van der Waals surface area contributed by atoms with Gasteiger partial charge in [0, 0.05) is 18.3 Å². The second kappa shape index (κ2) is 8.37. The summed E-state index contributed by atoms with van der Waals surface area (Å²) in [7, 11) is 0. The van der Waals surface area contributed by atoms with Crippen molar-refractivity contribution < 1.29 is 26.3 Å². The zero-order valence-corrected chi connectivity index (χ0v) is 15.5. The maximum absolute atomic E-state index is 13.0. The number of nitrogens with two attached hydrogens (primary N) is 1. The highest BCUT2D eigenvalue weighted by Gasteiger charge is 2.37. The van der Waals surface area contributed by atoms with E-state index >= 15 is 0 Å². The Labute approximate surface area is 154 Å². The third kappa shape index (κ3) is 7.66. The Hall–Kier alpha value is -1.97.